The van der Waals surface area contributed by atoms with Crippen molar-refractivity contribution in [1.29, 1.82) is 0 Å². The molecule has 2 aromatic carbocycles. The summed E-state index contributed by atoms with van der Waals surface area (Å²) in [6.07, 6.45) is 3.54. The van der Waals surface area contributed by atoms with Crippen molar-refractivity contribution in [2.75, 3.05) is 5.01 Å². The van der Waals surface area contributed by atoms with Crippen molar-refractivity contribution in [1.82, 2.24) is 0 Å². The van der Waals surface area contributed by atoms with Gasteiger partial charge in [-0.3, -0.25) is 4.79 Å². The molecule has 25 heavy (non-hydrogen) atoms. The molecule has 2 aliphatic rings. The first-order chi connectivity index (χ1) is 12.1. The zero-order chi connectivity index (χ0) is 17.4. The van der Waals surface area contributed by atoms with Crippen molar-refractivity contribution in [3.8, 4) is 0 Å². The van der Waals surface area contributed by atoms with Crippen molar-refractivity contribution in [2.45, 2.75) is 32.6 Å². The van der Waals surface area contributed by atoms with Crippen molar-refractivity contribution < 1.29 is 4.79 Å². The average Bonchev–Trinajstić information content (AvgIpc) is 2.97. The first kappa shape index (κ1) is 15.8. The highest BCUT2D eigenvalue weighted by Crippen LogP contribution is 2.51. The second-order valence-electron chi connectivity index (χ2n) is 7.14. The predicted octanol–water partition coefficient (Wildman–Crippen LogP) is 4.92. The topological polar surface area (TPSA) is 32.7 Å². The lowest BCUT2D eigenvalue weighted by atomic mass is 9.63. The molecule has 3 heteroatoms. The number of para-hydroxylation sites is 1. The summed E-state index contributed by atoms with van der Waals surface area (Å²) in [5, 5.41) is 6.11. The lowest BCUT2D eigenvalue weighted by Gasteiger charge is -2.39. The fourth-order valence-corrected chi connectivity index (χ4v) is 4.05. The summed E-state index contributed by atoms with van der Waals surface area (Å²) in [6.45, 7) is 4.33. The van der Waals surface area contributed by atoms with Crippen LogP contribution < -0.4 is 5.01 Å². The number of anilines is 1. The fourth-order valence-electron chi connectivity index (χ4n) is 4.05. The molecule has 0 saturated heterocycles. The Morgan fingerprint density at radius 2 is 1.60 bits per heavy atom. The minimum Gasteiger partial charge on any atom is -0.271 e. The molecule has 1 aliphatic heterocycles. The maximum absolute atomic E-state index is 13.5. The smallest absolute Gasteiger partial charge is 0.260 e. The summed E-state index contributed by atoms with van der Waals surface area (Å²) < 4.78 is 0. The lowest BCUT2D eigenvalue weighted by Crippen LogP contribution is -2.43. The van der Waals surface area contributed by atoms with Crippen LogP contribution in [0.2, 0.25) is 0 Å². The van der Waals surface area contributed by atoms with Gasteiger partial charge in [0.05, 0.1) is 11.1 Å². The summed E-state index contributed by atoms with van der Waals surface area (Å²) in [5.41, 5.74) is 4.15. The van der Waals surface area contributed by atoms with Crippen molar-refractivity contribution in [2.24, 2.45) is 10.5 Å². The number of hydrogen-bond acceptors (Lipinski definition) is 2. The maximum Gasteiger partial charge on any atom is 0.260 e. The number of carbonyl (C=O) groups is 1. The van der Waals surface area contributed by atoms with Gasteiger partial charge in [-0.15, -0.1) is 0 Å². The Labute approximate surface area is 148 Å². The van der Waals surface area contributed by atoms with Gasteiger partial charge in [0.1, 0.15) is 0 Å². The van der Waals surface area contributed by atoms with Gasteiger partial charge in [0.2, 0.25) is 0 Å². The number of amides is 1. The highest BCUT2D eigenvalue weighted by atomic mass is 16.2. The molecular formula is C22H22N2O. The molecule has 1 aliphatic carbocycles. The third-order valence-electron chi connectivity index (χ3n) is 5.62. The molecule has 0 bridgehead atoms. The van der Waals surface area contributed by atoms with Gasteiger partial charge in [0.15, 0.2) is 0 Å². The van der Waals surface area contributed by atoms with E-state index in [1.807, 2.05) is 42.6 Å². The van der Waals surface area contributed by atoms with Gasteiger partial charge < -0.3 is 0 Å². The Bertz CT molecular complexity index is 854. The van der Waals surface area contributed by atoms with Crippen LogP contribution in [0.5, 0.6) is 0 Å². The second-order valence-corrected chi connectivity index (χ2v) is 7.14. The molecule has 2 atom stereocenters. The third kappa shape index (κ3) is 2.51. The predicted molar refractivity (Wildman–Crippen MR) is 102 cm³/mol. The van der Waals surface area contributed by atoms with Crippen LogP contribution in [0.1, 0.15) is 38.2 Å². The van der Waals surface area contributed by atoms with Crippen LogP contribution in [-0.2, 0) is 4.79 Å². The van der Waals surface area contributed by atoms with E-state index in [1.54, 1.807) is 5.01 Å². The highest BCUT2D eigenvalue weighted by molar-refractivity contribution is 6.13. The number of hydrogen-bond donors (Lipinski definition) is 0. The molecule has 1 amide bonds. The molecule has 1 heterocycles. The lowest BCUT2D eigenvalue weighted by molar-refractivity contribution is -0.124. The first-order valence-corrected chi connectivity index (χ1v) is 8.77. The van der Waals surface area contributed by atoms with E-state index in [0.717, 1.165) is 18.5 Å². The van der Waals surface area contributed by atoms with Crippen LogP contribution in [0.3, 0.4) is 0 Å². The van der Waals surface area contributed by atoms with Crippen LogP contribution in [0.25, 0.3) is 0 Å². The fraction of sp³-hybridized carbons (Fsp3) is 0.273. The van der Waals surface area contributed by atoms with Gasteiger partial charge in [0, 0.05) is 12.1 Å². The molecule has 0 saturated carbocycles. The molecule has 2 aromatic rings. The van der Waals surface area contributed by atoms with Crippen LogP contribution in [0.4, 0.5) is 5.69 Å². The molecule has 1 spiro atoms. The first-order valence-electron chi connectivity index (χ1n) is 8.77. The average molecular weight is 330 g/mol. The SMILES string of the molecule is CC1=C(C)CC2(C=NN(c3ccccc3)C2=O)C(c2ccccc2)C1. The molecule has 0 fully saturated rings. The largest absolute Gasteiger partial charge is 0.271 e. The Hall–Kier alpha value is -2.68. The normalized spacial score (nSPS) is 25.9. The van der Waals surface area contributed by atoms with E-state index in [0.29, 0.717) is 0 Å². The van der Waals surface area contributed by atoms with Gasteiger partial charge in [-0.2, -0.15) is 5.10 Å². The van der Waals surface area contributed by atoms with Crippen molar-refractivity contribution >= 4 is 17.8 Å². The summed E-state index contributed by atoms with van der Waals surface area (Å²) in [4.78, 5) is 13.5. The van der Waals surface area contributed by atoms with Gasteiger partial charge in [-0.1, -0.05) is 59.7 Å². The van der Waals surface area contributed by atoms with Gasteiger partial charge in [-0.05, 0) is 44.4 Å². The van der Waals surface area contributed by atoms with E-state index >= 15 is 0 Å². The molecule has 3 nitrogen and oxygen atoms in total. The van der Waals surface area contributed by atoms with Crippen LogP contribution in [0, 0.1) is 5.41 Å². The standard InChI is InChI=1S/C22H22N2O/c1-16-13-20(18-9-5-3-6-10-18)22(14-17(16)2)15-23-24(21(22)25)19-11-7-4-8-12-19/h3-12,15,20H,13-14H2,1-2H3. The van der Waals surface area contributed by atoms with E-state index < -0.39 is 5.41 Å². The van der Waals surface area contributed by atoms with E-state index in [4.69, 9.17) is 0 Å². The number of nitrogens with zero attached hydrogens (tertiary/aromatic N) is 2. The summed E-state index contributed by atoms with van der Waals surface area (Å²) in [7, 11) is 0. The molecule has 0 aromatic heterocycles. The molecule has 0 radical (unpaired) electrons. The van der Waals surface area contributed by atoms with Crippen LogP contribution in [0.15, 0.2) is 76.9 Å². The zero-order valence-electron chi connectivity index (χ0n) is 14.6. The molecule has 4 rings (SSSR count). The Kier molecular flexibility index (Phi) is 3.79. The minimum absolute atomic E-state index is 0.0828. The maximum atomic E-state index is 13.5. The van der Waals surface area contributed by atoms with E-state index in [9.17, 15) is 4.79 Å². The minimum atomic E-state index is -0.583. The second kappa shape index (κ2) is 5.99. The number of benzene rings is 2. The van der Waals surface area contributed by atoms with Crippen LogP contribution >= 0.6 is 0 Å². The number of hydrazone groups is 1. The van der Waals surface area contributed by atoms with Gasteiger partial charge >= 0.3 is 0 Å². The quantitative estimate of drug-likeness (QED) is 0.719. The zero-order valence-corrected chi connectivity index (χ0v) is 14.6. The molecule has 126 valence electrons. The number of allylic oxidation sites excluding steroid dienone is 2. The number of carbonyl (C=O) groups excluding carboxylic acids is 1. The molecule has 2 unspecified atom stereocenters. The third-order valence-corrected chi connectivity index (χ3v) is 5.62. The van der Waals surface area contributed by atoms with Crippen LogP contribution in [-0.4, -0.2) is 12.1 Å². The Morgan fingerprint density at radius 1 is 0.960 bits per heavy atom. The van der Waals surface area contributed by atoms with Crippen molar-refractivity contribution in [3.63, 3.8) is 0 Å². The Balaban J connectivity index is 1.78. The van der Waals surface area contributed by atoms with Crippen molar-refractivity contribution in [3.05, 3.63) is 77.4 Å². The van der Waals surface area contributed by atoms with Gasteiger partial charge in [0.25, 0.3) is 5.91 Å². The summed E-state index contributed by atoms with van der Waals surface area (Å²) >= 11 is 0. The molecular weight excluding hydrogens is 308 g/mol. The highest BCUT2D eigenvalue weighted by Gasteiger charge is 2.52. The Morgan fingerprint density at radius 3 is 2.28 bits per heavy atom. The monoisotopic (exact) mass is 330 g/mol. The van der Waals surface area contributed by atoms with E-state index in [1.165, 1.54) is 16.7 Å². The van der Waals surface area contributed by atoms with E-state index in [2.05, 4.69) is 43.2 Å². The summed E-state index contributed by atoms with van der Waals surface area (Å²) in [5.74, 6) is 0.210. The summed E-state index contributed by atoms with van der Waals surface area (Å²) in [6, 6.07) is 20.1. The van der Waals surface area contributed by atoms with Gasteiger partial charge in [-0.25, -0.2) is 5.01 Å². The molecule has 0 N–H and O–H groups in total. The van der Waals surface area contributed by atoms with E-state index in [-0.39, 0.29) is 11.8 Å². The number of rotatable bonds is 2.